The van der Waals surface area contributed by atoms with Crippen molar-refractivity contribution in [3.05, 3.63) is 23.5 Å². The second kappa shape index (κ2) is 4.94. The minimum absolute atomic E-state index is 0.344. The van der Waals surface area contributed by atoms with Crippen molar-refractivity contribution in [2.75, 3.05) is 5.32 Å². The van der Waals surface area contributed by atoms with Crippen LogP contribution in [0.15, 0.2) is 12.3 Å². The van der Waals surface area contributed by atoms with Crippen molar-refractivity contribution < 1.29 is 0 Å². The Morgan fingerprint density at radius 2 is 2.09 bits per heavy atom. The van der Waals surface area contributed by atoms with Gasteiger partial charge in [-0.3, -0.25) is 0 Å². The standard InChI is InChI=1S/C18H25N5/c19-12-3-4-13(11-12)21-17-14-5-9-18(7-1-2-8-18)16(14)22-15-6-10-20-23(15)17/h6,10,12-13,21H,1-5,7-9,11,19H2/t12-,13+/m1/s1. The first-order chi connectivity index (χ1) is 11.3. The van der Waals surface area contributed by atoms with Crippen LogP contribution in [0.4, 0.5) is 5.82 Å². The molecule has 0 aromatic carbocycles. The van der Waals surface area contributed by atoms with Crippen molar-refractivity contribution in [3.63, 3.8) is 0 Å². The number of rotatable bonds is 2. The van der Waals surface area contributed by atoms with E-state index in [-0.39, 0.29) is 0 Å². The van der Waals surface area contributed by atoms with Crippen molar-refractivity contribution in [1.82, 2.24) is 14.6 Å². The van der Waals surface area contributed by atoms with E-state index in [2.05, 4.69) is 10.4 Å². The third-order valence-corrected chi connectivity index (χ3v) is 6.36. The highest BCUT2D eigenvalue weighted by Crippen LogP contribution is 2.51. The Kier molecular flexibility index (Phi) is 2.96. The van der Waals surface area contributed by atoms with Crippen LogP contribution in [0.3, 0.4) is 0 Å². The van der Waals surface area contributed by atoms with Gasteiger partial charge in [0.2, 0.25) is 0 Å². The molecule has 0 bridgehead atoms. The molecule has 1 spiro atoms. The molecule has 2 heterocycles. The summed E-state index contributed by atoms with van der Waals surface area (Å²) in [5, 5.41) is 8.32. The molecule has 5 rings (SSSR count). The zero-order chi connectivity index (χ0) is 15.4. The fourth-order valence-corrected chi connectivity index (χ4v) is 5.16. The maximum Gasteiger partial charge on any atom is 0.157 e. The monoisotopic (exact) mass is 311 g/mol. The molecule has 0 amide bonds. The van der Waals surface area contributed by atoms with E-state index in [1.165, 1.54) is 49.2 Å². The van der Waals surface area contributed by atoms with Crippen LogP contribution in [0.5, 0.6) is 0 Å². The summed E-state index contributed by atoms with van der Waals surface area (Å²) in [5.74, 6) is 1.19. The van der Waals surface area contributed by atoms with Crippen molar-refractivity contribution >= 4 is 11.5 Å². The van der Waals surface area contributed by atoms with Crippen LogP contribution in [0, 0.1) is 0 Å². The number of nitrogens with one attached hydrogen (secondary N) is 1. The van der Waals surface area contributed by atoms with E-state index in [9.17, 15) is 0 Å². The number of nitrogens with zero attached hydrogens (tertiary/aromatic N) is 3. The third-order valence-electron chi connectivity index (χ3n) is 6.36. The normalized spacial score (nSPS) is 28.7. The van der Waals surface area contributed by atoms with E-state index >= 15 is 0 Å². The third kappa shape index (κ3) is 2.02. The van der Waals surface area contributed by atoms with Gasteiger partial charge in [-0.1, -0.05) is 12.8 Å². The number of hydrogen-bond acceptors (Lipinski definition) is 4. The summed E-state index contributed by atoms with van der Waals surface area (Å²) in [6, 6.07) is 2.85. The molecule has 0 radical (unpaired) electrons. The van der Waals surface area contributed by atoms with Crippen LogP contribution in [0.2, 0.25) is 0 Å². The summed E-state index contributed by atoms with van der Waals surface area (Å²) in [4.78, 5) is 5.04. The summed E-state index contributed by atoms with van der Waals surface area (Å²) in [7, 11) is 0. The van der Waals surface area contributed by atoms with E-state index in [1.807, 2.05) is 16.8 Å². The maximum atomic E-state index is 6.10. The second-order valence-electron chi connectivity index (χ2n) is 7.79. The number of hydrogen-bond donors (Lipinski definition) is 2. The van der Waals surface area contributed by atoms with Gasteiger partial charge in [0.25, 0.3) is 0 Å². The van der Waals surface area contributed by atoms with Gasteiger partial charge in [0.15, 0.2) is 5.65 Å². The van der Waals surface area contributed by atoms with Crippen LogP contribution in [0.1, 0.15) is 62.6 Å². The molecule has 2 fully saturated rings. The Morgan fingerprint density at radius 1 is 1.22 bits per heavy atom. The zero-order valence-electron chi connectivity index (χ0n) is 13.6. The largest absolute Gasteiger partial charge is 0.367 e. The highest BCUT2D eigenvalue weighted by molar-refractivity contribution is 5.59. The van der Waals surface area contributed by atoms with Gasteiger partial charge < -0.3 is 11.1 Å². The lowest BCUT2D eigenvalue weighted by molar-refractivity contribution is 0.429. The SMILES string of the molecule is N[C@@H]1CC[C@H](Nc2c3c(nc4ccnn24)C2(CCCC2)CC3)C1. The minimum atomic E-state index is 0.344. The molecule has 2 aromatic heterocycles. The van der Waals surface area contributed by atoms with Gasteiger partial charge in [0.05, 0.1) is 11.9 Å². The molecule has 0 aliphatic heterocycles. The molecule has 2 atom stereocenters. The highest BCUT2D eigenvalue weighted by atomic mass is 15.3. The molecule has 3 aliphatic carbocycles. The Morgan fingerprint density at radius 3 is 2.87 bits per heavy atom. The topological polar surface area (TPSA) is 68.2 Å². The van der Waals surface area contributed by atoms with Gasteiger partial charge >= 0.3 is 0 Å². The average Bonchev–Trinajstić information content (AvgIpc) is 3.30. The molecule has 122 valence electrons. The van der Waals surface area contributed by atoms with E-state index in [4.69, 9.17) is 10.7 Å². The molecule has 3 aliphatic rings. The lowest BCUT2D eigenvalue weighted by Crippen LogP contribution is -2.24. The molecule has 23 heavy (non-hydrogen) atoms. The highest BCUT2D eigenvalue weighted by Gasteiger charge is 2.44. The first-order valence-corrected chi connectivity index (χ1v) is 9.14. The summed E-state index contributed by atoms with van der Waals surface area (Å²) in [6.07, 6.45) is 12.9. The molecular formula is C18H25N5. The average molecular weight is 311 g/mol. The molecule has 3 N–H and O–H groups in total. The van der Waals surface area contributed by atoms with Crippen molar-refractivity contribution in [2.24, 2.45) is 5.73 Å². The first-order valence-electron chi connectivity index (χ1n) is 9.14. The summed E-state index contributed by atoms with van der Waals surface area (Å²) < 4.78 is 2.01. The van der Waals surface area contributed by atoms with Crippen LogP contribution >= 0.6 is 0 Å². The quantitative estimate of drug-likeness (QED) is 0.895. The Bertz CT molecular complexity index is 743. The van der Waals surface area contributed by atoms with Crippen LogP contribution in [-0.4, -0.2) is 26.7 Å². The molecule has 0 unspecified atom stereocenters. The lowest BCUT2D eigenvalue weighted by atomic mass is 9.83. The smallest absolute Gasteiger partial charge is 0.157 e. The maximum absolute atomic E-state index is 6.10. The second-order valence-corrected chi connectivity index (χ2v) is 7.79. The summed E-state index contributed by atoms with van der Waals surface area (Å²) in [6.45, 7) is 0. The van der Waals surface area contributed by atoms with Crippen LogP contribution in [0.25, 0.3) is 5.65 Å². The van der Waals surface area contributed by atoms with Crippen LogP contribution < -0.4 is 11.1 Å². The predicted octanol–water partition coefficient (Wildman–Crippen LogP) is 2.78. The van der Waals surface area contributed by atoms with Gasteiger partial charge in [-0.2, -0.15) is 9.61 Å². The molecule has 2 saturated carbocycles. The Balaban J connectivity index is 1.62. The van der Waals surface area contributed by atoms with Crippen LogP contribution in [-0.2, 0) is 11.8 Å². The van der Waals surface area contributed by atoms with Gasteiger partial charge in [0.1, 0.15) is 5.82 Å². The molecule has 2 aromatic rings. The molecular weight excluding hydrogens is 286 g/mol. The van der Waals surface area contributed by atoms with Gasteiger partial charge in [-0.15, -0.1) is 0 Å². The Hall–Kier alpha value is -1.62. The first kappa shape index (κ1) is 13.8. The summed E-state index contributed by atoms with van der Waals surface area (Å²) >= 11 is 0. The number of nitrogens with two attached hydrogens (primary N) is 1. The fourth-order valence-electron chi connectivity index (χ4n) is 5.16. The van der Waals surface area contributed by atoms with E-state index in [0.717, 1.165) is 31.3 Å². The van der Waals surface area contributed by atoms with Crippen molar-refractivity contribution in [1.29, 1.82) is 0 Å². The summed E-state index contributed by atoms with van der Waals surface area (Å²) in [5.41, 5.74) is 10.2. The number of fused-ring (bicyclic) bond motifs is 3. The lowest BCUT2D eigenvalue weighted by Gasteiger charge is -2.24. The van der Waals surface area contributed by atoms with Crippen molar-refractivity contribution in [3.8, 4) is 0 Å². The fraction of sp³-hybridized carbons (Fsp3) is 0.667. The molecule has 0 saturated heterocycles. The minimum Gasteiger partial charge on any atom is -0.367 e. The predicted molar refractivity (Wildman–Crippen MR) is 90.7 cm³/mol. The number of anilines is 1. The molecule has 5 heteroatoms. The van der Waals surface area contributed by atoms with E-state index in [1.54, 1.807) is 0 Å². The van der Waals surface area contributed by atoms with E-state index in [0.29, 0.717) is 17.5 Å². The van der Waals surface area contributed by atoms with Gasteiger partial charge in [0, 0.05) is 29.1 Å². The van der Waals surface area contributed by atoms with E-state index < -0.39 is 0 Å². The molecule has 5 nitrogen and oxygen atoms in total. The Labute approximate surface area is 136 Å². The number of aromatic nitrogens is 3. The van der Waals surface area contributed by atoms with Gasteiger partial charge in [-0.25, -0.2) is 4.98 Å². The zero-order valence-corrected chi connectivity index (χ0v) is 13.6. The van der Waals surface area contributed by atoms with Crippen molar-refractivity contribution in [2.45, 2.75) is 75.3 Å². The van der Waals surface area contributed by atoms with Gasteiger partial charge in [-0.05, 0) is 44.9 Å².